The molecule has 0 aromatic heterocycles. The molecule has 0 amide bonds. The van der Waals surface area contributed by atoms with Crippen LogP contribution in [0.15, 0.2) is 0 Å². The maximum absolute atomic E-state index is 5.38. The van der Waals surface area contributed by atoms with Gasteiger partial charge in [0.25, 0.3) is 0 Å². The zero-order chi connectivity index (χ0) is 11.9. The maximum Gasteiger partial charge on any atom is 0.0701 e. The first-order valence-corrected chi connectivity index (χ1v) is 6.35. The summed E-state index contributed by atoms with van der Waals surface area (Å²) in [6, 6.07) is 0. The van der Waals surface area contributed by atoms with Gasteiger partial charge in [-0.2, -0.15) is 0 Å². The molecule has 0 rings (SSSR count). The molecule has 0 aromatic rings. The summed E-state index contributed by atoms with van der Waals surface area (Å²) in [4.78, 5) is 0. The first-order valence-electron chi connectivity index (χ1n) is 6.35. The van der Waals surface area contributed by atoms with Crippen molar-refractivity contribution >= 4 is 0 Å². The number of nitrogens with one attached hydrogen (secondary N) is 1. The first-order chi connectivity index (χ1) is 7.91. The molecule has 0 aliphatic rings. The van der Waals surface area contributed by atoms with Gasteiger partial charge in [-0.15, -0.1) is 0 Å². The normalized spacial score (nSPS) is 10.9. The van der Waals surface area contributed by atoms with Crippen LogP contribution in [0.1, 0.15) is 26.7 Å². The van der Waals surface area contributed by atoms with Crippen LogP contribution < -0.4 is 5.32 Å². The summed E-state index contributed by atoms with van der Waals surface area (Å²) in [6.45, 7) is 10.5. The highest BCUT2D eigenvalue weighted by Crippen LogP contribution is 1.83. The van der Waals surface area contributed by atoms with Gasteiger partial charge in [0.05, 0.1) is 33.0 Å². The fourth-order valence-electron chi connectivity index (χ4n) is 1.13. The molecule has 0 radical (unpaired) electrons. The molecule has 1 N–H and O–H groups in total. The van der Waals surface area contributed by atoms with Crippen molar-refractivity contribution in [2.75, 3.05) is 52.7 Å². The lowest BCUT2D eigenvalue weighted by molar-refractivity contribution is 0.0153. The molecule has 0 spiro atoms. The molecule has 0 unspecified atom stereocenters. The molecular weight excluding hydrogens is 206 g/mol. The van der Waals surface area contributed by atoms with E-state index >= 15 is 0 Å². The van der Waals surface area contributed by atoms with Crippen LogP contribution in [0.4, 0.5) is 0 Å². The van der Waals surface area contributed by atoms with E-state index in [-0.39, 0.29) is 0 Å². The van der Waals surface area contributed by atoms with Crippen LogP contribution in [0.3, 0.4) is 0 Å². The summed E-state index contributed by atoms with van der Waals surface area (Å²) < 4.78 is 16.0. The molecule has 98 valence electrons. The van der Waals surface area contributed by atoms with Crippen LogP contribution >= 0.6 is 0 Å². The van der Waals surface area contributed by atoms with Gasteiger partial charge in [0.1, 0.15) is 0 Å². The Morgan fingerprint density at radius 2 is 1.19 bits per heavy atom. The number of rotatable bonds is 13. The smallest absolute Gasteiger partial charge is 0.0701 e. The molecule has 0 saturated heterocycles. The van der Waals surface area contributed by atoms with Crippen LogP contribution in [0, 0.1) is 0 Å². The van der Waals surface area contributed by atoms with Gasteiger partial charge in [-0.05, 0) is 19.4 Å². The Balaban J connectivity index is 2.83. The van der Waals surface area contributed by atoms with E-state index in [1.54, 1.807) is 0 Å². The van der Waals surface area contributed by atoms with Gasteiger partial charge in [0.15, 0.2) is 0 Å². The highest BCUT2D eigenvalue weighted by molar-refractivity contribution is 4.43. The van der Waals surface area contributed by atoms with Crippen LogP contribution in [0.5, 0.6) is 0 Å². The minimum atomic E-state index is 0.656. The van der Waals surface area contributed by atoms with Gasteiger partial charge in [-0.3, -0.25) is 0 Å². The van der Waals surface area contributed by atoms with E-state index in [4.69, 9.17) is 14.2 Å². The molecule has 4 heteroatoms. The third-order valence-electron chi connectivity index (χ3n) is 1.94. The third kappa shape index (κ3) is 13.8. The van der Waals surface area contributed by atoms with Crippen molar-refractivity contribution in [2.24, 2.45) is 0 Å². The van der Waals surface area contributed by atoms with Crippen LogP contribution in [0.25, 0.3) is 0 Å². The van der Waals surface area contributed by atoms with E-state index in [2.05, 4.69) is 19.2 Å². The summed E-state index contributed by atoms with van der Waals surface area (Å²) in [5.74, 6) is 0. The average Bonchev–Trinajstić information content (AvgIpc) is 2.31. The monoisotopic (exact) mass is 233 g/mol. The van der Waals surface area contributed by atoms with Crippen LogP contribution in [0.2, 0.25) is 0 Å². The standard InChI is InChI=1S/C12H27NO3/c1-3-5-13-6-8-15-10-12-16-11-9-14-7-4-2/h13H,3-12H2,1-2H3. The second-order valence-corrected chi connectivity index (χ2v) is 3.59. The van der Waals surface area contributed by atoms with Crippen molar-refractivity contribution in [3.05, 3.63) is 0 Å². The molecule has 16 heavy (non-hydrogen) atoms. The minimum Gasteiger partial charge on any atom is -0.379 e. The van der Waals surface area contributed by atoms with E-state index in [0.717, 1.165) is 32.7 Å². The van der Waals surface area contributed by atoms with Crippen molar-refractivity contribution in [3.8, 4) is 0 Å². The Kier molecular flexibility index (Phi) is 14.7. The predicted octanol–water partition coefficient (Wildman–Crippen LogP) is 1.45. The summed E-state index contributed by atoms with van der Waals surface area (Å²) >= 11 is 0. The zero-order valence-electron chi connectivity index (χ0n) is 10.8. The topological polar surface area (TPSA) is 39.7 Å². The van der Waals surface area contributed by atoms with Crippen LogP contribution in [-0.2, 0) is 14.2 Å². The van der Waals surface area contributed by atoms with Gasteiger partial charge >= 0.3 is 0 Å². The Morgan fingerprint density at radius 3 is 1.75 bits per heavy atom. The second-order valence-electron chi connectivity index (χ2n) is 3.59. The fraction of sp³-hybridized carbons (Fsp3) is 1.00. The summed E-state index contributed by atoms with van der Waals surface area (Å²) in [7, 11) is 0. The molecule has 0 aliphatic carbocycles. The summed E-state index contributed by atoms with van der Waals surface area (Å²) in [5.41, 5.74) is 0. The van der Waals surface area contributed by atoms with Gasteiger partial charge in [0.2, 0.25) is 0 Å². The van der Waals surface area contributed by atoms with E-state index in [1.807, 2.05) is 0 Å². The van der Waals surface area contributed by atoms with E-state index in [1.165, 1.54) is 6.42 Å². The van der Waals surface area contributed by atoms with E-state index in [0.29, 0.717) is 26.4 Å². The molecule has 0 heterocycles. The van der Waals surface area contributed by atoms with Gasteiger partial charge in [-0.1, -0.05) is 13.8 Å². The number of ether oxygens (including phenoxy) is 3. The predicted molar refractivity (Wildman–Crippen MR) is 65.9 cm³/mol. The van der Waals surface area contributed by atoms with Crippen molar-refractivity contribution in [1.29, 1.82) is 0 Å². The second kappa shape index (κ2) is 14.8. The van der Waals surface area contributed by atoms with E-state index < -0.39 is 0 Å². The number of hydrogen-bond acceptors (Lipinski definition) is 4. The number of hydrogen-bond donors (Lipinski definition) is 1. The van der Waals surface area contributed by atoms with E-state index in [9.17, 15) is 0 Å². The lowest BCUT2D eigenvalue weighted by Gasteiger charge is -2.06. The van der Waals surface area contributed by atoms with Gasteiger partial charge in [0, 0.05) is 13.2 Å². The minimum absolute atomic E-state index is 0.656. The van der Waals surface area contributed by atoms with Crippen molar-refractivity contribution < 1.29 is 14.2 Å². The fourth-order valence-corrected chi connectivity index (χ4v) is 1.13. The molecular formula is C12H27NO3. The average molecular weight is 233 g/mol. The third-order valence-corrected chi connectivity index (χ3v) is 1.94. The molecule has 0 fully saturated rings. The molecule has 4 nitrogen and oxygen atoms in total. The molecule has 0 aliphatic heterocycles. The van der Waals surface area contributed by atoms with Crippen molar-refractivity contribution in [2.45, 2.75) is 26.7 Å². The Hall–Kier alpha value is -0.160. The highest BCUT2D eigenvalue weighted by atomic mass is 16.5. The van der Waals surface area contributed by atoms with Crippen LogP contribution in [-0.4, -0.2) is 52.7 Å². The Labute approximate surface area is 99.6 Å². The lowest BCUT2D eigenvalue weighted by Crippen LogP contribution is -2.21. The molecule has 0 aromatic carbocycles. The first kappa shape index (κ1) is 15.8. The van der Waals surface area contributed by atoms with Gasteiger partial charge in [-0.25, -0.2) is 0 Å². The molecule has 0 bridgehead atoms. The lowest BCUT2D eigenvalue weighted by atomic mass is 10.5. The SMILES string of the molecule is CCCNCCOCCOCCOCCC. The highest BCUT2D eigenvalue weighted by Gasteiger charge is 1.91. The van der Waals surface area contributed by atoms with Gasteiger partial charge < -0.3 is 19.5 Å². The maximum atomic E-state index is 5.38. The van der Waals surface area contributed by atoms with Crippen molar-refractivity contribution in [3.63, 3.8) is 0 Å². The summed E-state index contributed by atoms with van der Waals surface area (Å²) in [6.07, 6.45) is 2.23. The quantitative estimate of drug-likeness (QED) is 0.489. The van der Waals surface area contributed by atoms with Crippen molar-refractivity contribution in [1.82, 2.24) is 5.32 Å². The zero-order valence-corrected chi connectivity index (χ0v) is 10.8. The Bertz CT molecular complexity index is 109. The molecule has 0 saturated carbocycles. The summed E-state index contributed by atoms with van der Waals surface area (Å²) in [5, 5.41) is 3.27. The molecule has 0 atom stereocenters. The Morgan fingerprint density at radius 1 is 0.625 bits per heavy atom. The largest absolute Gasteiger partial charge is 0.379 e.